The summed E-state index contributed by atoms with van der Waals surface area (Å²) in [6.45, 7) is 8.44. The standard InChI is InChI=1S/C12H20Cl3NO2/c1-5-9-7(3)6(2)8(4)10(17-9)18-11(16)12(13,14)15/h6-10,16H,5H2,1-4H3/t6?,7-,8+,9?,10+/m0/s1. The minimum atomic E-state index is -1.84. The molecule has 0 spiro atoms. The number of hydrogen-bond donors (Lipinski definition) is 1. The molecule has 5 atom stereocenters. The first kappa shape index (κ1) is 16.4. The fraction of sp³-hybridized carbons (Fsp3) is 0.917. The first-order valence-electron chi connectivity index (χ1n) is 6.16. The van der Waals surface area contributed by atoms with E-state index in [0.717, 1.165) is 6.42 Å². The maximum atomic E-state index is 7.61. The zero-order valence-electron chi connectivity index (χ0n) is 11.0. The fourth-order valence-corrected chi connectivity index (χ4v) is 2.41. The van der Waals surface area contributed by atoms with Crippen LogP contribution >= 0.6 is 34.8 Å². The quantitative estimate of drug-likeness (QED) is 0.466. The van der Waals surface area contributed by atoms with Gasteiger partial charge in [-0.1, -0.05) is 62.5 Å². The summed E-state index contributed by atoms with van der Waals surface area (Å²) in [7, 11) is 0. The van der Waals surface area contributed by atoms with Gasteiger partial charge in [-0.15, -0.1) is 0 Å². The minimum absolute atomic E-state index is 0.115. The van der Waals surface area contributed by atoms with Crippen LogP contribution in [0.25, 0.3) is 0 Å². The molecule has 0 aliphatic carbocycles. The predicted molar refractivity (Wildman–Crippen MR) is 75.5 cm³/mol. The molecule has 0 aromatic carbocycles. The van der Waals surface area contributed by atoms with Crippen molar-refractivity contribution in [3.8, 4) is 0 Å². The van der Waals surface area contributed by atoms with E-state index in [1.54, 1.807) is 0 Å². The number of halogens is 3. The lowest BCUT2D eigenvalue weighted by molar-refractivity contribution is -0.218. The molecule has 1 saturated heterocycles. The SMILES string of the molecule is CCC1O[C@H](OC(=N)C(Cl)(Cl)Cl)[C@H](C)C(C)[C@@H]1C. The van der Waals surface area contributed by atoms with Crippen LogP contribution in [0.1, 0.15) is 34.1 Å². The first-order valence-corrected chi connectivity index (χ1v) is 7.29. The van der Waals surface area contributed by atoms with Crippen LogP contribution in [0.3, 0.4) is 0 Å². The number of hydrogen-bond acceptors (Lipinski definition) is 3. The highest BCUT2D eigenvalue weighted by atomic mass is 35.6. The van der Waals surface area contributed by atoms with Gasteiger partial charge in [-0.3, -0.25) is 5.41 Å². The third kappa shape index (κ3) is 3.66. The van der Waals surface area contributed by atoms with Crippen molar-refractivity contribution < 1.29 is 9.47 Å². The van der Waals surface area contributed by atoms with Crippen LogP contribution in [-0.2, 0) is 9.47 Å². The van der Waals surface area contributed by atoms with Gasteiger partial charge in [-0.05, 0) is 18.3 Å². The van der Waals surface area contributed by atoms with Gasteiger partial charge in [0.25, 0.3) is 3.79 Å². The largest absolute Gasteiger partial charge is 0.448 e. The molecule has 2 unspecified atom stereocenters. The van der Waals surface area contributed by atoms with Crippen molar-refractivity contribution in [2.75, 3.05) is 0 Å². The van der Waals surface area contributed by atoms with Gasteiger partial charge in [0.2, 0.25) is 12.2 Å². The van der Waals surface area contributed by atoms with Gasteiger partial charge >= 0.3 is 0 Å². The van der Waals surface area contributed by atoms with Crippen molar-refractivity contribution in [1.82, 2.24) is 0 Å². The van der Waals surface area contributed by atoms with Crippen molar-refractivity contribution in [2.45, 2.75) is 50.3 Å². The van der Waals surface area contributed by atoms with Gasteiger partial charge in [0.1, 0.15) is 0 Å². The summed E-state index contributed by atoms with van der Waals surface area (Å²) in [5.41, 5.74) is 0. The molecular formula is C12H20Cl3NO2. The molecule has 0 amide bonds. The Labute approximate surface area is 124 Å². The van der Waals surface area contributed by atoms with Crippen LogP contribution in [0.5, 0.6) is 0 Å². The summed E-state index contributed by atoms with van der Waals surface area (Å²) < 4.78 is 9.41. The molecular weight excluding hydrogens is 296 g/mol. The molecule has 1 heterocycles. The molecule has 18 heavy (non-hydrogen) atoms. The number of rotatable bonds is 2. The van der Waals surface area contributed by atoms with E-state index in [1.807, 2.05) is 6.92 Å². The summed E-state index contributed by atoms with van der Waals surface area (Å²) in [5, 5.41) is 7.61. The second kappa shape index (κ2) is 6.17. The molecule has 1 aliphatic rings. The fourth-order valence-electron chi connectivity index (χ4n) is 2.27. The highest BCUT2D eigenvalue weighted by Crippen LogP contribution is 2.38. The van der Waals surface area contributed by atoms with Crippen LogP contribution in [0.15, 0.2) is 0 Å². The summed E-state index contributed by atoms with van der Waals surface area (Å²) >= 11 is 16.8. The van der Waals surface area contributed by atoms with E-state index in [2.05, 4.69) is 20.8 Å². The van der Waals surface area contributed by atoms with Crippen LogP contribution in [0.2, 0.25) is 0 Å². The van der Waals surface area contributed by atoms with E-state index in [0.29, 0.717) is 11.8 Å². The van der Waals surface area contributed by atoms with E-state index in [4.69, 9.17) is 49.7 Å². The van der Waals surface area contributed by atoms with Crippen molar-refractivity contribution in [3.63, 3.8) is 0 Å². The van der Waals surface area contributed by atoms with Gasteiger partial charge in [-0.25, -0.2) is 0 Å². The van der Waals surface area contributed by atoms with E-state index >= 15 is 0 Å². The Hall–Kier alpha value is 0.300. The van der Waals surface area contributed by atoms with Gasteiger partial charge in [0, 0.05) is 5.92 Å². The Morgan fingerprint density at radius 3 is 2.17 bits per heavy atom. The lowest BCUT2D eigenvalue weighted by Gasteiger charge is -2.43. The Kier molecular flexibility index (Phi) is 5.60. The van der Waals surface area contributed by atoms with Gasteiger partial charge in [0.15, 0.2) is 0 Å². The van der Waals surface area contributed by atoms with E-state index in [9.17, 15) is 0 Å². The smallest absolute Gasteiger partial charge is 0.265 e. The molecule has 0 saturated carbocycles. The summed E-state index contributed by atoms with van der Waals surface area (Å²) in [6, 6.07) is 0. The second-order valence-corrected chi connectivity index (χ2v) is 7.25. The van der Waals surface area contributed by atoms with Crippen LogP contribution in [0, 0.1) is 23.2 Å². The average Bonchev–Trinajstić information content (AvgIpc) is 2.28. The summed E-state index contributed by atoms with van der Waals surface area (Å²) in [5.74, 6) is 0.639. The number of nitrogens with one attached hydrogen (secondary N) is 1. The maximum Gasteiger partial charge on any atom is 0.265 e. The van der Waals surface area contributed by atoms with Crippen LogP contribution < -0.4 is 0 Å². The number of alkyl halides is 3. The molecule has 0 bridgehead atoms. The van der Waals surface area contributed by atoms with Crippen molar-refractivity contribution in [2.24, 2.45) is 17.8 Å². The Bertz CT molecular complexity index is 304. The molecule has 0 aromatic heterocycles. The molecule has 1 rings (SSSR count). The van der Waals surface area contributed by atoms with Crippen LogP contribution in [-0.4, -0.2) is 22.1 Å². The topological polar surface area (TPSA) is 42.3 Å². The predicted octanol–water partition coefficient (Wildman–Crippen LogP) is 4.39. The molecule has 1 fully saturated rings. The average molecular weight is 317 g/mol. The van der Waals surface area contributed by atoms with Crippen molar-refractivity contribution in [3.05, 3.63) is 0 Å². The summed E-state index contributed by atoms with van der Waals surface area (Å²) in [4.78, 5) is 0. The van der Waals surface area contributed by atoms with Crippen molar-refractivity contribution >= 4 is 40.7 Å². The number of ether oxygens (including phenoxy) is 2. The second-order valence-electron chi connectivity index (χ2n) is 4.97. The molecule has 3 nitrogen and oxygen atoms in total. The highest BCUT2D eigenvalue weighted by molar-refractivity contribution is 6.76. The molecule has 106 valence electrons. The van der Waals surface area contributed by atoms with E-state index in [-0.39, 0.29) is 17.9 Å². The van der Waals surface area contributed by atoms with Gasteiger partial charge in [0.05, 0.1) is 6.10 Å². The minimum Gasteiger partial charge on any atom is -0.448 e. The monoisotopic (exact) mass is 315 g/mol. The van der Waals surface area contributed by atoms with Gasteiger partial charge in [-0.2, -0.15) is 0 Å². The van der Waals surface area contributed by atoms with Crippen molar-refractivity contribution in [1.29, 1.82) is 5.41 Å². The third-order valence-electron chi connectivity index (χ3n) is 3.88. The first-order chi connectivity index (χ1) is 8.18. The molecule has 1 aliphatic heterocycles. The Morgan fingerprint density at radius 2 is 1.72 bits per heavy atom. The lowest BCUT2D eigenvalue weighted by atomic mass is 9.78. The molecule has 0 aromatic rings. The third-order valence-corrected chi connectivity index (χ3v) is 4.39. The normalized spacial score (nSPS) is 37.4. The highest BCUT2D eigenvalue weighted by Gasteiger charge is 2.41. The summed E-state index contributed by atoms with van der Waals surface area (Å²) in [6.07, 6.45) is 0.493. The molecule has 0 radical (unpaired) electrons. The lowest BCUT2D eigenvalue weighted by Crippen LogP contribution is -2.47. The molecule has 1 N–H and O–H groups in total. The Balaban J connectivity index is 2.74. The zero-order valence-corrected chi connectivity index (χ0v) is 13.3. The molecule has 6 heteroatoms. The maximum absolute atomic E-state index is 7.61. The van der Waals surface area contributed by atoms with Gasteiger partial charge < -0.3 is 9.47 Å². The van der Waals surface area contributed by atoms with E-state index < -0.39 is 10.1 Å². The van der Waals surface area contributed by atoms with E-state index in [1.165, 1.54) is 0 Å². The van der Waals surface area contributed by atoms with Crippen LogP contribution in [0.4, 0.5) is 0 Å². The Morgan fingerprint density at radius 1 is 1.17 bits per heavy atom. The zero-order chi connectivity index (χ0) is 14.1.